The van der Waals surface area contributed by atoms with E-state index in [1.54, 1.807) is 35.9 Å². The second-order valence-corrected chi connectivity index (χ2v) is 12.5. The summed E-state index contributed by atoms with van der Waals surface area (Å²) in [6.45, 7) is 4.62. The molecule has 4 aromatic heterocycles. The number of halogens is 1. The number of nitrogens with one attached hydrogen (secondary N) is 2. The minimum atomic E-state index is -0.301. The highest BCUT2D eigenvalue weighted by atomic mass is 35.5. The second-order valence-electron chi connectivity index (χ2n) is 11.2. The molecule has 12 heteroatoms. The predicted molar refractivity (Wildman–Crippen MR) is 171 cm³/mol. The van der Waals surface area contributed by atoms with Crippen molar-refractivity contribution >= 4 is 45.8 Å². The van der Waals surface area contributed by atoms with Gasteiger partial charge in [-0.15, -0.1) is 11.3 Å². The summed E-state index contributed by atoms with van der Waals surface area (Å²) in [5, 5.41) is 9.19. The first-order valence-electron chi connectivity index (χ1n) is 14.6. The van der Waals surface area contributed by atoms with Crippen LogP contribution >= 0.6 is 22.9 Å². The van der Waals surface area contributed by atoms with Gasteiger partial charge in [-0.2, -0.15) is 0 Å². The van der Waals surface area contributed by atoms with E-state index in [-0.39, 0.29) is 29.2 Å². The van der Waals surface area contributed by atoms with E-state index in [2.05, 4.69) is 25.6 Å². The lowest BCUT2D eigenvalue weighted by Crippen LogP contribution is -2.39. The molecule has 0 bridgehead atoms. The minimum absolute atomic E-state index is 0.0580. The molecule has 1 aromatic carbocycles. The first kappa shape index (κ1) is 29.7. The molecule has 0 unspecified atom stereocenters. The lowest BCUT2D eigenvalue weighted by atomic mass is 9.85. The van der Waals surface area contributed by atoms with Crippen LogP contribution < -0.4 is 16.3 Å². The number of benzene rings is 1. The Balaban J connectivity index is 1.13. The van der Waals surface area contributed by atoms with E-state index in [1.807, 2.05) is 41.1 Å². The summed E-state index contributed by atoms with van der Waals surface area (Å²) in [5.41, 5.74) is 4.39. The van der Waals surface area contributed by atoms with Crippen LogP contribution in [-0.4, -0.2) is 41.9 Å². The van der Waals surface area contributed by atoms with Gasteiger partial charge in [0.2, 0.25) is 0 Å². The summed E-state index contributed by atoms with van der Waals surface area (Å²) in [6, 6.07) is 12.8. The fraction of sp³-hybridized carbons (Fsp3) is 0.312. The molecule has 0 aliphatic heterocycles. The van der Waals surface area contributed by atoms with Crippen molar-refractivity contribution in [2.75, 3.05) is 0 Å². The number of nitrogens with zero attached hydrogens (tertiary/aromatic N) is 5. The van der Waals surface area contributed by atoms with Crippen LogP contribution in [0.5, 0.6) is 0 Å². The molecule has 1 saturated carbocycles. The van der Waals surface area contributed by atoms with E-state index in [0.29, 0.717) is 41.0 Å². The van der Waals surface area contributed by atoms with Gasteiger partial charge in [0, 0.05) is 29.9 Å². The molecule has 10 nitrogen and oxygen atoms in total. The van der Waals surface area contributed by atoms with Gasteiger partial charge in [-0.25, -0.2) is 14.8 Å². The standard InChI is InChI=1S/C32H32ClN7O3S/c1-19-18-44-29(37-19)16-36-31(42)26-12-11-24(15-35-26)40-28-6-4-3-5-27(28)39(32(40)43)17-21-7-9-23(10-8-21)38-30(41)25-13-22(33)14-34-20(25)2/h3-6,11-15,18,21,23H,7-10,16-17H2,1-2H3,(H,36,42)(H,38,41)/t21-,23-. The minimum Gasteiger partial charge on any atom is -0.349 e. The zero-order valence-corrected chi connectivity index (χ0v) is 26.0. The van der Waals surface area contributed by atoms with E-state index in [1.165, 1.54) is 17.5 Å². The fourth-order valence-corrected chi connectivity index (χ4v) is 6.63. The van der Waals surface area contributed by atoms with Crippen molar-refractivity contribution in [1.29, 1.82) is 0 Å². The van der Waals surface area contributed by atoms with Crippen molar-refractivity contribution in [1.82, 2.24) is 34.7 Å². The van der Waals surface area contributed by atoms with Crippen molar-refractivity contribution in [3.63, 3.8) is 0 Å². The van der Waals surface area contributed by atoms with Crippen LogP contribution in [0.4, 0.5) is 0 Å². The summed E-state index contributed by atoms with van der Waals surface area (Å²) in [5.74, 6) is -0.169. The third-order valence-corrected chi connectivity index (χ3v) is 9.24. The van der Waals surface area contributed by atoms with Gasteiger partial charge in [0.25, 0.3) is 11.8 Å². The normalized spacial score (nSPS) is 16.6. The average Bonchev–Trinajstić information content (AvgIpc) is 3.57. The van der Waals surface area contributed by atoms with E-state index in [0.717, 1.165) is 47.4 Å². The molecule has 4 heterocycles. The quantitative estimate of drug-likeness (QED) is 0.242. The molecule has 5 aromatic rings. The number of fused-ring (bicyclic) bond motifs is 1. The Kier molecular flexibility index (Phi) is 8.58. The van der Waals surface area contributed by atoms with Crippen molar-refractivity contribution in [3.8, 4) is 5.69 Å². The number of rotatable bonds is 8. The maximum Gasteiger partial charge on any atom is 0.333 e. The van der Waals surface area contributed by atoms with Crippen LogP contribution in [0.25, 0.3) is 16.7 Å². The van der Waals surface area contributed by atoms with Gasteiger partial charge in [0.05, 0.1) is 45.7 Å². The fourth-order valence-electron chi connectivity index (χ4n) is 5.77. The highest BCUT2D eigenvalue weighted by Gasteiger charge is 2.26. The third kappa shape index (κ3) is 6.29. The Bertz CT molecular complexity index is 1890. The van der Waals surface area contributed by atoms with E-state index < -0.39 is 0 Å². The summed E-state index contributed by atoms with van der Waals surface area (Å²) in [4.78, 5) is 52.2. The van der Waals surface area contributed by atoms with Crippen molar-refractivity contribution in [2.24, 2.45) is 5.92 Å². The summed E-state index contributed by atoms with van der Waals surface area (Å²) in [6.07, 6.45) is 6.52. The number of hydrogen-bond donors (Lipinski definition) is 2. The van der Waals surface area contributed by atoms with Gasteiger partial charge in [-0.05, 0) is 75.8 Å². The Labute approximate surface area is 263 Å². The molecule has 0 spiro atoms. The van der Waals surface area contributed by atoms with Crippen LogP contribution in [-0.2, 0) is 13.1 Å². The molecule has 0 radical (unpaired) electrons. The third-order valence-electron chi connectivity index (χ3n) is 8.06. The van der Waals surface area contributed by atoms with Crippen LogP contribution in [0, 0.1) is 19.8 Å². The lowest BCUT2D eigenvalue weighted by Gasteiger charge is -2.29. The first-order valence-corrected chi connectivity index (χ1v) is 15.8. The molecule has 1 aliphatic carbocycles. The number of carbonyl (C=O) groups excluding carboxylic acids is 2. The highest BCUT2D eigenvalue weighted by Crippen LogP contribution is 2.28. The number of imidazole rings is 1. The topological polar surface area (TPSA) is 124 Å². The lowest BCUT2D eigenvalue weighted by molar-refractivity contribution is 0.0917. The Morgan fingerprint density at radius 3 is 2.48 bits per heavy atom. The van der Waals surface area contributed by atoms with Crippen LogP contribution in [0.3, 0.4) is 0 Å². The van der Waals surface area contributed by atoms with Gasteiger partial charge < -0.3 is 10.6 Å². The van der Waals surface area contributed by atoms with Crippen molar-refractivity contribution in [3.05, 3.63) is 103 Å². The SMILES string of the molecule is Cc1csc(CNC(=O)c2ccc(-n3c(=O)n(C[C@H]4CC[C@H](NC(=O)c5cc(Cl)cnc5C)CC4)c4ccccc43)cn2)n1. The van der Waals surface area contributed by atoms with Gasteiger partial charge in [0.1, 0.15) is 10.7 Å². The Morgan fingerprint density at radius 2 is 1.77 bits per heavy atom. The number of para-hydroxylation sites is 2. The van der Waals surface area contributed by atoms with Crippen molar-refractivity contribution in [2.45, 2.75) is 58.7 Å². The van der Waals surface area contributed by atoms with E-state index in [9.17, 15) is 14.4 Å². The molecular weight excluding hydrogens is 598 g/mol. The molecule has 1 aliphatic rings. The summed E-state index contributed by atoms with van der Waals surface area (Å²) in [7, 11) is 0. The van der Waals surface area contributed by atoms with Crippen LogP contribution in [0.1, 0.15) is 62.9 Å². The molecule has 0 saturated heterocycles. The smallest absolute Gasteiger partial charge is 0.333 e. The molecule has 2 amide bonds. The predicted octanol–water partition coefficient (Wildman–Crippen LogP) is 5.23. The number of carbonyl (C=O) groups is 2. The van der Waals surface area contributed by atoms with Crippen LogP contribution in [0.2, 0.25) is 5.02 Å². The monoisotopic (exact) mass is 629 g/mol. The Morgan fingerprint density at radius 1 is 1.00 bits per heavy atom. The van der Waals surface area contributed by atoms with Gasteiger partial charge in [-0.3, -0.25) is 23.7 Å². The van der Waals surface area contributed by atoms with E-state index >= 15 is 0 Å². The van der Waals surface area contributed by atoms with E-state index in [4.69, 9.17) is 11.6 Å². The number of thiazole rings is 1. The number of hydrogen-bond acceptors (Lipinski definition) is 7. The molecule has 44 heavy (non-hydrogen) atoms. The first-order chi connectivity index (χ1) is 21.3. The number of pyridine rings is 2. The zero-order valence-electron chi connectivity index (χ0n) is 24.4. The van der Waals surface area contributed by atoms with Crippen molar-refractivity contribution < 1.29 is 9.59 Å². The molecule has 1 fully saturated rings. The molecule has 226 valence electrons. The summed E-state index contributed by atoms with van der Waals surface area (Å²) >= 11 is 7.55. The molecular formula is C32H32ClN7O3S. The van der Waals surface area contributed by atoms with Crippen LogP contribution in [0.15, 0.2) is 65.0 Å². The van der Waals surface area contributed by atoms with Gasteiger partial charge >= 0.3 is 5.69 Å². The largest absolute Gasteiger partial charge is 0.349 e. The maximum absolute atomic E-state index is 13.8. The highest BCUT2D eigenvalue weighted by molar-refractivity contribution is 7.09. The number of aromatic nitrogens is 5. The number of aryl methyl sites for hydroxylation is 2. The van der Waals surface area contributed by atoms with Gasteiger partial charge in [0.15, 0.2) is 0 Å². The number of amides is 2. The molecule has 0 atom stereocenters. The van der Waals surface area contributed by atoms with Gasteiger partial charge in [-0.1, -0.05) is 23.7 Å². The second kappa shape index (κ2) is 12.7. The molecule has 6 rings (SSSR count). The zero-order chi connectivity index (χ0) is 30.8. The maximum atomic E-state index is 13.8. The Hall–Kier alpha value is -4.35. The average molecular weight is 630 g/mol. The molecule has 2 N–H and O–H groups in total. The summed E-state index contributed by atoms with van der Waals surface area (Å²) < 4.78 is 3.48.